The van der Waals surface area contributed by atoms with Gasteiger partial charge in [0.1, 0.15) is 0 Å². The van der Waals surface area contributed by atoms with Gasteiger partial charge in [0, 0.05) is 5.41 Å². The smallest absolute Gasteiger partial charge is 0.0600 e. The van der Waals surface area contributed by atoms with E-state index in [0.717, 1.165) is 18.3 Å². The summed E-state index contributed by atoms with van der Waals surface area (Å²) in [5.41, 5.74) is 0.306. The molecular weight excluding hydrogens is 216 g/mol. The molecule has 16 heavy (non-hydrogen) atoms. The summed E-state index contributed by atoms with van der Waals surface area (Å²) < 4.78 is 6.18. The van der Waals surface area contributed by atoms with Crippen LogP contribution in [0.3, 0.4) is 0 Å². The molecule has 0 aromatic rings. The Hall–Kier alpha value is 0.310. The highest BCUT2D eigenvalue weighted by atomic mass is 32.1. The molecule has 0 saturated heterocycles. The quantitative estimate of drug-likeness (QED) is 0.685. The minimum atomic E-state index is 0.306. The topological polar surface area (TPSA) is 9.23 Å². The van der Waals surface area contributed by atoms with Crippen LogP contribution in [0.25, 0.3) is 0 Å². The Balaban J connectivity index is 2.41. The highest BCUT2D eigenvalue weighted by molar-refractivity contribution is 7.80. The minimum absolute atomic E-state index is 0.306. The maximum absolute atomic E-state index is 6.18. The van der Waals surface area contributed by atoms with Gasteiger partial charge in [0.25, 0.3) is 0 Å². The highest BCUT2D eigenvalue weighted by Gasteiger charge is 2.28. The monoisotopic (exact) mass is 244 g/mol. The molecule has 0 aromatic carbocycles. The summed E-state index contributed by atoms with van der Waals surface area (Å²) in [5, 5.41) is 0. The molecule has 0 heterocycles. The first kappa shape index (κ1) is 14.4. The molecule has 1 saturated carbocycles. The molecule has 0 spiro atoms. The van der Waals surface area contributed by atoms with Crippen molar-refractivity contribution in [3.63, 3.8) is 0 Å². The highest BCUT2D eigenvalue weighted by Crippen LogP contribution is 2.32. The second-order valence-electron chi connectivity index (χ2n) is 5.48. The first-order valence-corrected chi connectivity index (χ1v) is 7.53. The predicted molar refractivity (Wildman–Crippen MR) is 74.2 cm³/mol. The first-order chi connectivity index (χ1) is 7.67. The summed E-state index contributed by atoms with van der Waals surface area (Å²) >= 11 is 4.50. The lowest BCUT2D eigenvalue weighted by atomic mass is 9.84. The van der Waals surface area contributed by atoms with Gasteiger partial charge in [-0.1, -0.05) is 33.6 Å². The van der Waals surface area contributed by atoms with E-state index in [9.17, 15) is 0 Å². The molecule has 0 aromatic heterocycles. The van der Waals surface area contributed by atoms with Crippen molar-refractivity contribution in [3.8, 4) is 0 Å². The molecular formula is C14H28OS. The fourth-order valence-electron chi connectivity index (χ4n) is 2.54. The summed E-state index contributed by atoms with van der Waals surface area (Å²) in [6.45, 7) is 7.75. The Morgan fingerprint density at radius 2 is 1.81 bits per heavy atom. The summed E-state index contributed by atoms with van der Waals surface area (Å²) in [7, 11) is 0. The van der Waals surface area contributed by atoms with Gasteiger partial charge in [-0.25, -0.2) is 0 Å². The number of hydrogen-bond donors (Lipinski definition) is 1. The van der Waals surface area contributed by atoms with Gasteiger partial charge in [0.15, 0.2) is 0 Å². The molecule has 0 aliphatic heterocycles. The van der Waals surface area contributed by atoms with Gasteiger partial charge in [-0.15, -0.1) is 0 Å². The van der Waals surface area contributed by atoms with Crippen molar-refractivity contribution in [2.75, 3.05) is 12.4 Å². The van der Waals surface area contributed by atoms with Gasteiger partial charge in [0.05, 0.1) is 12.7 Å². The summed E-state index contributed by atoms with van der Waals surface area (Å²) in [6, 6.07) is 0. The third-order valence-corrected chi connectivity index (χ3v) is 5.14. The van der Waals surface area contributed by atoms with Crippen molar-refractivity contribution < 1.29 is 4.74 Å². The molecule has 96 valence electrons. The van der Waals surface area contributed by atoms with E-state index in [1.165, 1.54) is 38.5 Å². The van der Waals surface area contributed by atoms with Gasteiger partial charge < -0.3 is 4.74 Å². The van der Waals surface area contributed by atoms with Crippen molar-refractivity contribution in [2.24, 2.45) is 11.3 Å². The van der Waals surface area contributed by atoms with E-state index < -0.39 is 0 Å². The summed E-state index contributed by atoms with van der Waals surface area (Å²) in [6.07, 6.45) is 8.20. The number of ether oxygens (including phenoxy) is 1. The van der Waals surface area contributed by atoms with Gasteiger partial charge in [-0.3, -0.25) is 0 Å². The number of rotatable bonds is 6. The second kappa shape index (κ2) is 6.90. The molecule has 1 aliphatic rings. The molecule has 0 amide bonds. The molecule has 2 unspecified atom stereocenters. The van der Waals surface area contributed by atoms with Crippen LogP contribution in [0, 0.1) is 11.3 Å². The van der Waals surface area contributed by atoms with Crippen LogP contribution in [0.4, 0.5) is 0 Å². The Bertz CT molecular complexity index is 181. The van der Waals surface area contributed by atoms with E-state index >= 15 is 0 Å². The summed E-state index contributed by atoms with van der Waals surface area (Å²) in [5.74, 6) is 1.70. The van der Waals surface area contributed by atoms with Gasteiger partial charge in [-0.2, -0.15) is 12.6 Å². The molecule has 1 fully saturated rings. The Kier molecular flexibility index (Phi) is 6.20. The lowest BCUT2D eigenvalue weighted by Crippen LogP contribution is -2.34. The van der Waals surface area contributed by atoms with Crippen LogP contribution in [-0.4, -0.2) is 18.5 Å². The maximum atomic E-state index is 6.18. The van der Waals surface area contributed by atoms with E-state index in [2.05, 4.69) is 33.4 Å². The molecule has 2 atom stereocenters. The minimum Gasteiger partial charge on any atom is -0.377 e. The Labute approximate surface area is 107 Å². The third-order valence-electron chi connectivity index (χ3n) is 4.47. The maximum Gasteiger partial charge on any atom is 0.0600 e. The zero-order chi connectivity index (χ0) is 12.0. The van der Waals surface area contributed by atoms with Crippen molar-refractivity contribution in [3.05, 3.63) is 0 Å². The second-order valence-corrected chi connectivity index (χ2v) is 5.79. The Morgan fingerprint density at radius 3 is 2.31 bits per heavy atom. The fraction of sp³-hybridized carbons (Fsp3) is 1.00. The van der Waals surface area contributed by atoms with Crippen molar-refractivity contribution in [1.29, 1.82) is 0 Å². The van der Waals surface area contributed by atoms with E-state index in [-0.39, 0.29) is 0 Å². The largest absolute Gasteiger partial charge is 0.377 e. The Morgan fingerprint density at radius 1 is 1.19 bits per heavy atom. The number of hydrogen-bond acceptors (Lipinski definition) is 2. The normalized spacial score (nSPS) is 27.0. The lowest BCUT2D eigenvalue weighted by Gasteiger charge is -2.35. The van der Waals surface area contributed by atoms with Crippen LogP contribution in [0.2, 0.25) is 0 Å². The van der Waals surface area contributed by atoms with Gasteiger partial charge >= 0.3 is 0 Å². The molecule has 2 heteroatoms. The van der Waals surface area contributed by atoms with Crippen LogP contribution in [0.15, 0.2) is 0 Å². The average Bonchev–Trinajstić information content (AvgIpc) is 2.34. The molecule has 1 rings (SSSR count). The van der Waals surface area contributed by atoms with Crippen LogP contribution < -0.4 is 0 Å². The van der Waals surface area contributed by atoms with E-state index in [4.69, 9.17) is 4.74 Å². The molecule has 0 bridgehead atoms. The fourth-order valence-corrected chi connectivity index (χ4v) is 3.08. The molecule has 0 N–H and O–H groups in total. The number of thiol groups is 1. The van der Waals surface area contributed by atoms with Crippen LogP contribution in [0.1, 0.15) is 59.3 Å². The van der Waals surface area contributed by atoms with Crippen molar-refractivity contribution in [2.45, 2.75) is 65.4 Å². The van der Waals surface area contributed by atoms with Crippen LogP contribution in [-0.2, 0) is 4.74 Å². The van der Waals surface area contributed by atoms with E-state index in [0.29, 0.717) is 11.5 Å². The third kappa shape index (κ3) is 3.66. The van der Waals surface area contributed by atoms with Gasteiger partial charge in [0.2, 0.25) is 0 Å². The van der Waals surface area contributed by atoms with Crippen molar-refractivity contribution in [1.82, 2.24) is 0 Å². The lowest BCUT2D eigenvalue weighted by molar-refractivity contribution is -0.0453. The molecule has 0 radical (unpaired) electrons. The molecule has 1 nitrogen and oxygen atoms in total. The standard InChI is InChI=1S/C14H28OS/c1-4-14(5-2,11-16)10-15-13-9-7-6-8-12(13)3/h12-13,16H,4-11H2,1-3H3. The zero-order valence-corrected chi connectivity index (χ0v) is 12.1. The summed E-state index contributed by atoms with van der Waals surface area (Å²) in [4.78, 5) is 0. The van der Waals surface area contributed by atoms with Crippen molar-refractivity contribution >= 4 is 12.6 Å². The van der Waals surface area contributed by atoms with Crippen LogP contribution >= 0.6 is 12.6 Å². The zero-order valence-electron chi connectivity index (χ0n) is 11.2. The van der Waals surface area contributed by atoms with Crippen LogP contribution in [0.5, 0.6) is 0 Å². The SMILES string of the molecule is CCC(CC)(CS)COC1CCCCC1C. The van der Waals surface area contributed by atoms with Gasteiger partial charge in [-0.05, 0) is 37.4 Å². The average molecular weight is 244 g/mol. The first-order valence-electron chi connectivity index (χ1n) is 6.90. The van der Waals surface area contributed by atoms with E-state index in [1.54, 1.807) is 0 Å². The molecule has 1 aliphatic carbocycles. The predicted octanol–water partition coefficient (Wildman–Crippen LogP) is 4.32. The van der Waals surface area contributed by atoms with E-state index in [1.807, 2.05) is 0 Å².